The fraction of sp³-hybridized carbons (Fsp3) is 0.900. The van der Waals surface area contributed by atoms with Gasteiger partial charge in [0, 0.05) is 4.83 Å². The first kappa shape index (κ1) is 11.5. The van der Waals surface area contributed by atoms with Crippen LogP contribution < -0.4 is 0 Å². The summed E-state index contributed by atoms with van der Waals surface area (Å²) in [6, 6.07) is 0. The van der Waals surface area contributed by atoms with Gasteiger partial charge >= 0.3 is 0 Å². The van der Waals surface area contributed by atoms with E-state index < -0.39 is 0 Å². The Morgan fingerprint density at radius 1 is 1.09 bits per heavy atom. The molecular formula is C10H20Br. The van der Waals surface area contributed by atoms with Crippen LogP contribution in [0.1, 0.15) is 51.9 Å². The molecule has 1 radical (unpaired) electrons. The second-order valence-corrected chi connectivity index (χ2v) is 4.75. The number of halogens is 1. The van der Waals surface area contributed by atoms with Crippen LogP contribution in [0.3, 0.4) is 0 Å². The van der Waals surface area contributed by atoms with Gasteiger partial charge < -0.3 is 0 Å². The molecule has 1 unspecified atom stereocenters. The summed E-state index contributed by atoms with van der Waals surface area (Å²) in [6.07, 6.45) is 9.29. The molecule has 1 atom stereocenters. The summed E-state index contributed by atoms with van der Waals surface area (Å²) in [5, 5.41) is 0. The predicted octanol–water partition coefficient (Wildman–Crippen LogP) is 4.33. The van der Waals surface area contributed by atoms with Crippen LogP contribution in [0.5, 0.6) is 0 Å². The summed E-state index contributed by atoms with van der Waals surface area (Å²) in [7, 11) is 0. The van der Waals surface area contributed by atoms with Gasteiger partial charge in [-0.2, -0.15) is 0 Å². The zero-order chi connectivity index (χ0) is 8.53. The maximum absolute atomic E-state index is 3.82. The molecule has 67 valence electrons. The standard InChI is InChI=1S/C10H20Br/c1-3-4-5-6-7-8-9-10(2)11/h10H,1,3-9H2,2H3. The Morgan fingerprint density at radius 3 is 2.18 bits per heavy atom. The van der Waals surface area contributed by atoms with Crippen molar-refractivity contribution in [2.75, 3.05) is 0 Å². The third kappa shape index (κ3) is 10.5. The smallest absolute Gasteiger partial charge is 0.0117 e. The van der Waals surface area contributed by atoms with Crippen molar-refractivity contribution >= 4 is 15.9 Å². The minimum absolute atomic E-state index is 0.704. The Bertz CT molecular complexity index is 69.3. The van der Waals surface area contributed by atoms with Crippen LogP contribution in [0.2, 0.25) is 0 Å². The molecule has 0 nitrogen and oxygen atoms in total. The van der Waals surface area contributed by atoms with E-state index in [-0.39, 0.29) is 0 Å². The van der Waals surface area contributed by atoms with Crippen LogP contribution in [0, 0.1) is 6.92 Å². The van der Waals surface area contributed by atoms with Crippen molar-refractivity contribution in [3.8, 4) is 0 Å². The van der Waals surface area contributed by atoms with Crippen LogP contribution in [-0.4, -0.2) is 4.83 Å². The summed E-state index contributed by atoms with van der Waals surface area (Å²) in [4.78, 5) is 0.704. The lowest BCUT2D eigenvalue weighted by Crippen LogP contribution is -1.89. The van der Waals surface area contributed by atoms with E-state index in [1.54, 1.807) is 0 Å². The Labute approximate surface area is 79.9 Å². The number of unbranched alkanes of at least 4 members (excludes halogenated alkanes) is 5. The largest absolute Gasteiger partial charge is 0.0894 e. The van der Waals surface area contributed by atoms with E-state index in [4.69, 9.17) is 0 Å². The molecule has 0 heterocycles. The second kappa shape index (κ2) is 8.58. The average Bonchev–Trinajstić information content (AvgIpc) is 1.96. The van der Waals surface area contributed by atoms with E-state index in [0.717, 1.165) is 6.42 Å². The minimum atomic E-state index is 0.704. The molecule has 0 aromatic rings. The first-order valence-corrected chi connectivity index (χ1v) is 5.62. The van der Waals surface area contributed by atoms with E-state index in [2.05, 4.69) is 29.8 Å². The van der Waals surface area contributed by atoms with E-state index in [1.165, 1.54) is 38.5 Å². The van der Waals surface area contributed by atoms with Gasteiger partial charge in [0.1, 0.15) is 0 Å². The van der Waals surface area contributed by atoms with Gasteiger partial charge in [0.2, 0.25) is 0 Å². The molecule has 0 saturated heterocycles. The van der Waals surface area contributed by atoms with Crippen LogP contribution >= 0.6 is 15.9 Å². The molecule has 0 N–H and O–H groups in total. The highest BCUT2D eigenvalue weighted by atomic mass is 79.9. The third-order valence-electron chi connectivity index (χ3n) is 1.85. The highest BCUT2D eigenvalue weighted by Gasteiger charge is 1.94. The maximum Gasteiger partial charge on any atom is 0.0117 e. The SMILES string of the molecule is [CH2]CCCCCCCC(C)Br. The van der Waals surface area contributed by atoms with Crippen molar-refractivity contribution in [2.24, 2.45) is 0 Å². The van der Waals surface area contributed by atoms with Crippen LogP contribution in [0.4, 0.5) is 0 Å². The molecule has 0 bridgehead atoms. The van der Waals surface area contributed by atoms with Crippen LogP contribution in [0.25, 0.3) is 0 Å². The lowest BCUT2D eigenvalue weighted by atomic mass is 10.1. The van der Waals surface area contributed by atoms with Gasteiger partial charge in [-0.1, -0.05) is 68.3 Å². The summed E-state index contributed by atoms with van der Waals surface area (Å²) >= 11 is 3.55. The average molecular weight is 220 g/mol. The Kier molecular flexibility index (Phi) is 8.95. The molecule has 0 fully saturated rings. The normalized spacial score (nSPS) is 13.4. The topological polar surface area (TPSA) is 0 Å². The third-order valence-corrected chi connectivity index (χ3v) is 2.31. The van der Waals surface area contributed by atoms with E-state index in [0.29, 0.717) is 4.83 Å². The second-order valence-electron chi connectivity index (χ2n) is 3.19. The van der Waals surface area contributed by atoms with Gasteiger partial charge in [-0.25, -0.2) is 0 Å². The van der Waals surface area contributed by atoms with E-state index >= 15 is 0 Å². The molecule has 11 heavy (non-hydrogen) atoms. The summed E-state index contributed by atoms with van der Waals surface area (Å²) < 4.78 is 0. The maximum atomic E-state index is 3.82. The molecule has 0 saturated carbocycles. The lowest BCUT2D eigenvalue weighted by Gasteiger charge is -2.02. The van der Waals surface area contributed by atoms with E-state index in [9.17, 15) is 0 Å². The highest BCUT2D eigenvalue weighted by Crippen LogP contribution is 2.11. The number of hydrogen-bond acceptors (Lipinski definition) is 0. The molecule has 1 heteroatoms. The van der Waals surface area contributed by atoms with Gasteiger partial charge in [-0.15, -0.1) is 0 Å². The minimum Gasteiger partial charge on any atom is -0.0894 e. The van der Waals surface area contributed by atoms with Gasteiger partial charge in [0.15, 0.2) is 0 Å². The van der Waals surface area contributed by atoms with Crippen LogP contribution in [0.15, 0.2) is 0 Å². The zero-order valence-electron chi connectivity index (χ0n) is 7.61. The summed E-state index contributed by atoms with van der Waals surface area (Å²) in [6.45, 7) is 6.04. The molecule has 0 aliphatic rings. The first-order chi connectivity index (χ1) is 5.27. The van der Waals surface area contributed by atoms with Crippen molar-refractivity contribution in [1.29, 1.82) is 0 Å². The molecule has 0 aliphatic heterocycles. The van der Waals surface area contributed by atoms with E-state index in [1.807, 2.05) is 0 Å². The molecule has 0 aliphatic carbocycles. The Hall–Kier alpha value is 0.480. The number of alkyl halides is 1. The summed E-state index contributed by atoms with van der Waals surface area (Å²) in [5.41, 5.74) is 0. The molecule has 0 aromatic carbocycles. The monoisotopic (exact) mass is 219 g/mol. The Morgan fingerprint density at radius 2 is 1.64 bits per heavy atom. The lowest BCUT2D eigenvalue weighted by molar-refractivity contribution is 0.597. The molecule has 0 rings (SSSR count). The molecule has 0 amide bonds. The Balaban J connectivity index is 2.80. The number of hydrogen-bond donors (Lipinski definition) is 0. The van der Waals surface area contributed by atoms with Gasteiger partial charge in [0.05, 0.1) is 0 Å². The summed E-state index contributed by atoms with van der Waals surface area (Å²) in [5.74, 6) is 0. The van der Waals surface area contributed by atoms with Crippen molar-refractivity contribution < 1.29 is 0 Å². The van der Waals surface area contributed by atoms with Crippen LogP contribution in [-0.2, 0) is 0 Å². The van der Waals surface area contributed by atoms with Crippen molar-refractivity contribution in [3.05, 3.63) is 6.92 Å². The fourth-order valence-electron chi connectivity index (χ4n) is 1.13. The van der Waals surface area contributed by atoms with Gasteiger partial charge in [-0.05, 0) is 6.42 Å². The predicted molar refractivity (Wildman–Crippen MR) is 56.1 cm³/mol. The van der Waals surface area contributed by atoms with Crippen molar-refractivity contribution in [3.63, 3.8) is 0 Å². The fourth-order valence-corrected chi connectivity index (χ4v) is 1.46. The van der Waals surface area contributed by atoms with Gasteiger partial charge in [-0.3, -0.25) is 0 Å². The quantitative estimate of drug-likeness (QED) is 0.442. The number of rotatable bonds is 7. The van der Waals surface area contributed by atoms with Gasteiger partial charge in [0.25, 0.3) is 0 Å². The molecule has 0 spiro atoms. The van der Waals surface area contributed by atoms with Crippen molar-refractivity contribution in [2.45, 2.75) is 56.7 Å². The van der Waals surface area contributed by atoms with Crippen molar-refractivity contribution in [1.82, 2.24) is 0 Å². The molecular weight excluding hydrogens is 200 g/mol. The first-order valence-electron chi connectivity index (χ1n) is 4.70. The highest BCUT2D eigenvalue weighted by molar-refractivity contribution is 9.09. The molecule has 0 aromatic heterocycles. The zero-order valence-corrected chi connectivity index (χ0v) is 9.20.